The summed E-state index contributed by atoms with van der Waals surface area (Å²) < 4.78 is 0. The first kappa shape index (κ1) is 44.5. The fourth-order valence-electron chi connectivity index (χ4n) is 7.45. The third kappa shape index (κ3) is 11.1. The third-order valence-corrected chi connectivity index (χ3v) is 11.1. The zero-order chi connectivity index (χ0) is 39.1. The van der Waals surface area contributed by atoms with Crippen LogP contribution in [-0.2, 0) is 28.8 Å². The molecule has 2 heterocycles. The van der Waals surface area contributed by atoms with Crippen molar-refractivity contribution in [3.05, 3.63) is 0 Å². The predicted octanol–water partition coefficient (Wildman–Crippen LogP) is 2.47. The first-order valence-corrected chi connectivity index (χ1v) is 19.2. The third-order valence-electron chi connectivity index (χ3n) is 10.4. The molecule has 0 saturated carbocycles. The molecule has 0 bridgehead atoms. The highest BCUT2D eigenvalue weighted by Gasteiger charge is 2.49. The van der Waals surface area contributed by atoms with Gasteiger partial charge in [-0.15, -0.1) is 0 Å². The topological polar surface area (TPSA) is 168 Å². The molecule has 0 aromatic carbocycles. The number of likely N-dealkylation sites (tertiary alicyclic amines) is 2. The lowest BCUT2D eigenvalue weighted by Crippen LogP contribution is -2.62. The van der Waals surface area contributed by atoms with Crippen molar-refractivity contribution in [2.24, 2.45) is 23.7 Å². The molecule has 0 aliphatic carbocycles. The van der Waals surface area contributed by atoms with Gasteiger partial charge in [-0.3, -0.25) is 33.7 Å². The molecule has 292 valence electrons. The van der Waals surface area contributed by atoms with E-state index in [9.17, 15) is 39.0 Å². The number of hydrogen-bond donors (Lipinski definition) is 4. The molecular weight excluding hydrogens is 675 g/mol. The van der Waals surface area contributed by atoms with Crippen LogP contribution in [0.5, 0.6) is 0 Å². The molecule has 13 nitrogen and oxygen atoms in total. The SMILES string of the molecule is CCCC[C@@H](C)C[C@@H](C)C(=O)N(C)[C@H](CC(C)C)C(=O)N[C@@H](C(=O)N(C)[C@@H](C(=O)N1C[C@H](O)C[C@@H]1C(=O)N1C(=O)C[C@@H](S)[C@@H]1C)C(C)C)[C@@H](C)O. The molecule has 2 fully saturated rings. The van der Waals surface area contributed by atoms with E-state index < -0.39 is 77.9 Å². The van der Waals surface area contributed by atoms with Gasteiger partial charge < -0.3 is 30.2 Å². The Morgan fingerprint density at radius 2 is 1.59 bits per heavy atom. The number of aliphatic hydroxyl groups excluding tert-OH is 2. The maximum atomic E-state index is 14.2. The van der Waals surface area contributed by atoms with Gasteiger partial charge >= 0.3 is 0 Å². The highest BCUT2D eigenvalue weighted by molar-refractivity contribution is 7.81. The van der Waals surface area contributed by atoms with Gasteiger partial charge in [0.1, 0.15) is 24.2 Å². The molecule has 51 heavy (non-hydrogen) atoms. The Labute approximate surface area is 310 Å². The fraction of sp³-hybridized carbons (Fsp3) is 0.838. The molecule has 2 aliphatic rings. The second kappa shape index (κ2) is 19.4. The minimum Gasteiger partial charge on any atom is -0.391 e. The molecule has 0 spiro atoms. The number of aliphatic hydroxyl groups is 2. The summed E-state index contributed by atoms with van der Waals surface area (Å²) in [7, 11) is 2.99. The van der Waals surface area contributed by atoms with Gasteiger partial charge in [-0.1, -0.05) is 67.7 Å². The molecule has 2 aliphatic heterocycles. The number of nitrogens with one attached hydrogen (secondary N) is 1. The lowest BCUT2D eigenvalue weighted by atomic mass is 9.91. The number of imide groups is 1. The molecule has 2 rings (SSSR count). The first-order chi connectivity index (χ1) is 23.7. The van der Waals surface area contributed by atoms with Crippen LogP contribution in [0, 0.1) is 23.7 Å². The van der Waals surface area contributed by atoms with Crippen molar-refractivity contribution in [3.8, 4) is 0 Å². The van der Waals surface area contributed by atoms with Crippen molar-refractivity contribution in [2.45, 2.75) is 155 Å². The molecule has 10 atom stereocenters. The lowest BCUT2D eigenvalue weighted by molar-refractivity contribution is -0.155. The van der Waals surface area contributed by atoms with Gasteiger partial charge in [-0.2, -0.15) is 12.6 Å². The quantitative estimate of drug-likeness (QED) is 0.130. The van der Waals surface area contributed by atoms with E-state index >= 15 is 0 Å². The van der Waals surface area contributed by atoms with Gasteiger partial charge in [0, 0.05) is 50.7 Å². The Kier molecular flexibility index (Phi) is 16.9. The molecule has 0 aromatic heterocycles. The number of carbonyl (C=O) groups is 6. The van der Waals surface area contributed by atoms with Crippen LogP contribution in [-0.4, -0.2) is 134 Å². The number of unbranched alkanes of at least 4 members (excludes halogenated alkanes) is 1. The van der Waals surface area contributed by atoms with Crippen molar-refractivity contribution in [1.29, 1.82) is 0 Å². The summed E-state index contributed by atoms with van der Waals surface area (Å²) in [5, 5.41) is 23.7. The zero-order valence-electron chi connectivity index (χ0n) is 32.7. The Hall–Kier alpha value is -2.71. The normalized spacial score (nSPS) is 24.3. The molecule has 0 radical (unpaired) electrons. The number of β-amino-alcohol motifs (C(OH)–C–C–N with tert-alkyl or cyclic N) is 1. The van der Waals surface area contributed by atoms with E-state index in [1.165, 1.54) is 23.8 Å². The summed E-state index contributed by atoms with van der Waals surface area (Å²) in [4.78, 5) is 87.0. The Morgan fingerprint density at radius 3 is 2.08 bits per heavy atom. The average molecular weight is 740 g/mol. The van der Waals surface area contributed by atoms with E-state index in [-0.39, 0.29) is 42.4 Å². The van der Waals surface area contributed by atoms with Crippen LogP contribution in [0.1, 0.15) is 107 Å². The number of nitrogens with zero attached hydrogens (tertiary/aromatic N) is 4. The summed E-state index contributed by atoms with van der Waals surface area (Å²) in [6.45, 7) is 16.4. The second-order valence-electron chi connectivity index (χ2n) is 15.9. The predicted molar refractivity (Wildman–Crippen MR) is 198 cm³/mol. The molecule has 14 heteroatoms. The van der Waals surface area contributed by atoms with Crippen LogP contribution >= 0.6 is 12.6 Å². The van der Waals surface area contributed by atoms with E-state index in [2.05, 4.69) is 31.8 Å². The molecule has 3 N–H and O–H groups in total. The van der Waals surface area contributed by atoms with E-state index in [0.717, 1.165) is 29.1 Å². The molecule has 0 aromatic rings. The lowest BCUT2D eigenvalue weighted by Gasteiger charge is -2.38. The van der Waals surface area contributed by atoms with E-state index in [1.807, 2.05) is 20.8 Å². The summed E-state index contributed by atoms with van der Waals surface area (Å²) in [5.41, 5.74) is 0. The summed E-state index contributed by atoms with van der Waals surface area (Å²) in [6.07, 6.45) is 1.84. The standard InChI is InChI=1S/C37H65N5O8S/c1-12-13-14-22(6)16-23(7)34(47)39(10)27(15-20(2)3)33(46)38-31(25(9)43)36(49)40(11)32(21(4)5)37(50)41-19-26(44)17-28(41)35(48)42-24(8)29(51)18-30(42)45/h20-29,31-32,43-44,51H,12-19H2,1-11H3,(H,38,46)/t22-,23-,24+,25-,26-,27-,28-,29-,31-,32-/m1/s1. The van der Waals surface area contributed by atoms with Crippen molar-refractivity contribution in [2.75, 3.05) is 20.6 Å². The molecule has 0 unspecified atom stereocenters. The van der Waals surface area contributed by atoms with Crippen molar-refractivity contribution in [3.63, 3.8) is 0 Å². The van der Waals surface area contributed by atoms with Crippen molar-refractivity contribution >= 4 is 48.1 Å². The number of carbonyl (C=O) groups excluding carboxylic acids is 6. The Bertz CT molecular complexity index is 1250. The molecular formula is C37H65N5O8S. The van der Waals surface area contributed by atoms with Crippen LogP contribution in [0.3, 0.4) is 0 Å². The van der Waals surface area contributed by atoms with Crippen LogP contribution in [0.4, 0.5) is 0 Å². The second-order valence-corrected chi connectivity index (χ2v) is 16.5. The number of thiol groups is 1. The van der Waals surface area contributed by atoms with Crippen LogP contribution in [0.25, 0.3) is 0 Å². The van der Waals surface area contributed by atoms with E-state index in [4.69, 9.17) is 0 Å². The van der Waals surface area contributed by atoms with Gasteiger partial charge in [0.05, 0.1) is 12.2 Å². The smallest absolute Gasteiger partial charge is 0.252 e. The minimum atomic E-state index is -1.45. The summed E-state index contributed by atoms with van der Waals surface area (Å²) in [6, 6.07) is -5.09. The number of hydrogen-bond acceptors (Lipinski definition) is 9. The Balaban J connectivity index is 2.31. The van der Waals surface area contributed by atoms with Gasteiger partial charge in [0.15, 0.2) is 0 Å². The van der Waals surface area contributed by atoms with Gasteiger partial charge in [-0.25, -0.2) is 0 Å². The van der Waals surface area contributed by atoms with Crippen LogP contribution in [0.15, 0.2) is 0 Å². The number of likely N-dealkylation sites (N-methyl/N-ethyl adjacent to an activating group) is 2. The summed E-state index contributed by atoms with van der Waals surface area (Å²) in [5.74, 6) is -3.50. The van der Waals surface area contributed by atoms with Gasteiger partial charge in [-0.05, 0) is 44.4 Å². The summed E-state index contributed by atoms with van der Waals surface area (Å²) >= 11 is 4.41. The fourth-order valence-corrected chi connectivity index (χ4v) is 7.74. The van der Waals surface area contributed by atoms with Crippen molar-refractivity contribution in [1.82, 2.24) is 24.9 Å². The highest BCUT2D eigenvalue weighted by atomic mass is 32.1. The van der Waals surface area contributed by atoms with Gasteiger partial charge in [0.2, 0.25) is 29.5 Å². The highest BCUT2D eigenvalue weighted by Crippen LogP contribution is 2.30. The first-order valence-electron chi connectivity index (χ1n) is 18.7. The maximum absolute atomic E-state index is 14.2. The van der Waals surface area contributed by atoms with Crippen molar-refractivity contribution < 1.29 is 39.0 Å². The Morgan fingerprint density at radius 1 is 0.980 bits per heavy atom. The van der Waals surface area contributed by atoms with Crippen LogP contribution in [0.2, 0.25) is 0 Å². The number of amides is 6. The zero-order valence-corrected chi connectivity index (χ0v) is 33.6. The van der Waals surface area contributed by atoms with Gasteiger partial charge in [0.25, 0.3) is 5.91 Å². The minimum absolute atomic E-state index is 0.0325. The van der Waals surface area contributed by atoms with Crippen LogP contribution < -0.4 is 5.32 Å². The van der Waals surface area contributed by atoms with E-state index in [0.29, 0.717) is 18.8 Å². The maximum Gasteiger partial charge on any atom is 0.252 e. The molecule has 2 saturated heterocycles. The molecule has 6 amide bonds. The van der Waals surface area contributed by atoms with E-state index in [1.54, 1.807) is 27.8 Å². The average Bonchev–Trinajstić information content (AvgIpc) is 3.56. The number of rotatable bonds is 17. The monoisotopic (exact) mass is 739 g/mol. The largest absolute Gasteiger partial charge is 0.391 e.